The molecule has 0 saturated carbocycles. The minimum absolute atomic E-state index is 0.256. The molecule has 0 aliphatic heterocycles. The van der Waals surface area contributed by atoms with Crippen LogP contribution >= 0.6 is 0 Å². The molecule has 2 aromatic heterocycles. The molecule has 0 aliphatic carbocycles. The van der Waals surface area contributed by atoms with Crippen molar-refractivity contribution in [1.29, 1.82) is 0 Å². The highest BCUT2D eigenvalue weighted by atomic mass is 16.5. The maximum Gasteiger partial charge on any atom is 0.257 e. The Morgan fingerprint density at radius 3 is 2.50 bits per heavy atom. The van der Waals surface area contributed by atoms with E-state index in [-0.39, 0.29) is 5.91 Å². The number of nitrogens with two attached hydrogens (primary N) is 1. The second-order valence-corrected chi connectivity index (χ2v) is 7.31. The number of fused-ring (bicyclic) bond motifs is 2. The van der Waals surface area contributed by atoms with Gasteiger partial charge in [0.25, 0.3) is 5.91 Å². The van der Waals surface area contributed by atoms with Crippen LogP contribution in [0, 0.1) is 6.92 Å². The van der Waals surface area contributed by atoms with E-state index < -0.39 is 0 Å². The number of para-hydroxylation sites is 2. The molecule has 2 aromatic carbocycles. The second-order valence-electron chi connectivity index (χ2n) is 7.31. The molecule has 7 nitrogen and oxygen atoms in total. The van der Waals surface area contributed by atoms with Gasteiger partial charge in [0, 0.05) is 26.8 Å². The zero-order valence-corrected chi connectivity index (χ0v) is 17.2. The van der Waals surface area contributed by atoms with Crippen molar-refractivity contribution < 1.29 is 9.53 Å². The molecule has 0 unspecified atom stereocenters. The van der Waals surface area contributed by atoms with E-state index in [9.17, 15) is 4.79 Å². The van der Waals surface area contributed by atoms with Crippen LogP contribution < -0.4 is 11.1 Å². The quantitative estimate of drug-likeness (QED) is 0.461. The van der Waals surface area contributed by atoms with Gasteiger partial charge in [0.1, 0.15) is 16.9 Å². The lowest BCUT2D eigenvalue weighted by Gasteiger charge is -2.08. The second kappa shape index (κ2) is 8.51. The summed E-state index contributed by atoms with van der Waals surface area (Å²) in [6.45, 7) is 3.63. The van der Waals surface area contributed by atoms with Crippen LogP contribution in [0.5, 0.6) is 0 Å². The lowest BCUT2D eigenvalue weighted by atomic mass is 10.1. The number of aromatic nitrogens is 3. The average Bonchev–Trinajstić information content (AvgIpc) is 3.02. The maximum atomic E-state index is 13.1. The lowest BCUT2D eigenvalue weighted by Crippen LogP contribution is -2.24. The number of amides is 1. The molecule has 4 rings (SSSR count). The molecule has 2 heterocycles. The summed E-state index contributed by atoms with van der Waals surface area (Å²) < 4.78 is 7.02. The Kier molecular flexibility index (Phi) is 5.63. The Labute approximate surface area is 174 Å². The molecule has 30 heavy (non-hydrogen) atoms. The molecule has 3 N–H and O–H groups in total. The SMILES string of the molecule is COCCCn1c(N)c(C(=O)NCc2ccc(C)cc2)c2nc3ccccc3nc21. The van der Waals surface area contributed by atoms with E-state index in [1.54, 1.807) is 7.11 Å². The monoisotopic (exact) mass is 403 g/mol. The average molecular weight is 403 g/mol. The van der Waals surface area contributed by atoms with Crippen LogP contribution in [0.2, 0.25) is 0 Å². The van der Waals surface area contributed by atoms with E-state index in [1.807, 2.05) is 60.0 Å². The van der Waals surface area contributed by atoms with E-state index >= 15 is 0 Å². The van der Waals surface area contributed by atoms with E-state index in [1.165, 1.54) is 5.56 Å². The number of hydrogen-bond acceptors (Lipinski definition) is 5. The van der Waals surface area contributed by atoms with Crippen molar-refractivity contribution in [2.45, 2.75) is 26.4 Å². The van der Waals surface area contributed by atoms with Crippen molar-refractivity contribution in [2.75, 3.05) is 19.5 Å². The van der Waals surface area contributed by atoms with Gasteiger partial charge in [-0.3, -0.25) is 4.79 Å². The minimum atomic E-state index is -0.256. The van der Waals surface area contributed by atoms with Gasteiger partial charge in [-0.25, -0.2) is 9.97 Å². The fraction of sp³-hybridized carbons (Fsp3) is 0.261. The topological polar surface area (TPSA) is 95.1 Å². The normalized spacial score (nSPS) is 11.3. The third-order valence-corrected chi connectivity index (χ3v) is 5.12. The first-order valence-corrected chi connectivity index (χ1v) is 9.95. The van der Waals surface area contributed by atoms with Gasteiger partial charge in [0.2, 0.25) is 0 Å². The van der Waals surface area contributed by atoms with Crippen molar-refractivity contribution in [3.8, 4) is 0 Å². The van der Waals surface area contributed by atoms with Crippen molar-refractivity contribution in [2.24, 2.45) is 0 Å². The molecule has 0 aliphatic rings. The molecule has 7 heteroatoms. The first-order valence-electron chi connectivity index (χ1n) is 9.95. The third-order valence-electron chi connectivity index (χ3n) is 5.12. The van der Waals surface area contributed by atoms with Crippen LogP contribution in [0.3, 0.4) is 0 Å². The van der Waals surface area contributed by atoms with E-state index in [4.69, 9.17) is 20.4 Å². The summed E-state index contributed by atoms with van der Waals surface area (Å²) in [4.78, 5) is 22.6. The lowest BCUT2D eigenvalue weighted by molar-refractivity contribution is 0.0953. The summed E-state index contributed by atoms with van der Waals surface area (Å²) >= 11 is 0. The predicted molar refractivity (Wildman–Crippen MR) is 118 cm³/mol. The van der Waals surface area contributed by atoms with Crippen LogP contribution in [0.4, 0.5) is 5.82 Å². The molecule has 0 saturated heterocycles. The number of nitrogens with one attached hydrogen (secondary N) is 1. The fourth-order valence-corrected chi connectivity index (χ4v) is 3.51. The number of nitrogens with zero attached hydrogens (tertiary/aromatic N) is 3. The summed E-state index contributed by atoms with van der Waals surface area (Å²) in [6, 6.07) is 15.7. The van der Waals surface area contributed by atoms with Gasteiger partial charge in [0.05, 0.1) is 11.0 Å². The van der Waals surface area contributed by atoms with Crippen molar-refractivity contribution in [1.82, 2.24) is 19.9 Å². The van der Waals surface area contributed by atoms with E-state index in [0.717, 1.165) is 23.0 Å². The summed E-state index contributed by atoms with van der Waals surface area (Å²) in [6.07, 6.45) is 0.753. The van der Waals surface area contributed by atoms with E-state index in [0.29, 0.717) is 42.2 Å². The highest BCUT2D eigenvalue weighted by Gasteiger charge is 2.23. The number of ether oxygens (including phenoxy) is 1. The van der Waals surface area contributed by atoms with E-state index in [2.05, 4.69) is 5.32 Å². The van der Waals surface area contributed by atoms with Gasteiger partial charge in [-0.1, -0.05) is 42.0 Å². The van der Waals surface area contributed by atoms with Crippen molar-refractivity contribution in [3.63, 3.8) is 0 Å². The molecule has 0 spiro atoms. The largest absolute Gasteiger partial charge is 0.385 e. The van der Waals surface area contributed by atoms with Crippen molar-refractivity contribution >= 4 is 33.9 Å². The standard InChI is InChI=1S/C23H25N5O2/c1-15-8-10-16(11-9-15)14-25-23(29)19-20-22(28(21(19)24)12-5-13-30-2)27-18-7-4-3-6-17(18)26-20/h3-4,6-11H,5,12-14,24H2,1-2H3,(H,25,29). The fourth-order valence-electron chi connectivity index (χ4n) is 3.51. The summed E-state index contributed by atoms with van der Waals surface area (Å²) in [5, 5.41) is 2.97. The Morgan fingerprint density at radius 2 is 1.80 bits per heavy atom. The highest BCUT2D eigenvalue weighted by molar-refractivity contribution is 6.10. The number of aryl methyl sites for hydroxylation is 2. The first-order chi connectivity index (χ1) is 14.6. The molecular formula is C23H25N5O2. The molecule has 4 aromatic rings. The van der Waals surface area contributed by atoms with Gasteiger partial charge in [-0.2, -0.15) is 0 Å². The Balaban J connectivity index is 1.73. The van der Waals surface area contributed by atoms with Crippen LogP contribution in [0.15, 0.2) is 48.5 Å². The van der Waals surface area contributed by atoms with Gasteiger partial charge < -0.3 is 20.4 Å². The molecule has 0 radical (unpaired) electrons. The number of methoxy groups -OCH3 is 1. The van der Waals surface area contributed by atoms with Crippen LogP contribution in [-0.4, -0.2) is 34.2 Å². The smallest absolute Gasteiger partial charge is 0.257 e. The van der Waals surface area contributed by atoms with Gasteiger partial charge in [0.15, 0.2) is 5.65 Å². The number of rotatable bonds is 7. The molecule has 0 atom stereocenters. The minimum Gasteiger partial charge on any atom is -0.385 e. The summed E-state index contributed by atoms with van der Waals surface area (Å²) in [5.74, 6) is 0.117. The number of carbonyl (C=O) groups is 1. The number of nitrogen functional groups attached to an aromatic ring is 1. The zero-order valence-electron chi connectivity index (χ0n) is 17.2. The number of hydrogen-bond donors (Lipinski definition) is 2. The first kappa shape index (κ1) is 19.8. The summed E-state index contributed by atoms with van der Waals surface area (Å²) in [7, 11) is 1.66. The molecular weight excluding hydrogens is 378 g/mol. The zero-order chi connectivity index (χ0) is 21.1. The van der Waals surface area contributed by atoms with Gasteiger partial charge >= 0.3 is 0 Å². The highest BCUT2D eigenvalue weighted by Crippen LogP contribution is 2.28. The third kappa shape index (κ3) is 3.84. The van der Waals surface area contributed by atoms with Crippen molar-refractivity contribution in [3.05, 3.63) is 65.2 Å². The van der Waals surface area contributed by atoms with Crippen LogP contribution in [0.1, 0.15) is 27.9 Å². The predicted octanol–water partition coefficient (Wildman–Crippen LogP) is 3.44. The maximum absolute atomic E-state index is 13.1. The summed E-state index contributed by atoms with van der Waals surface area (Å²) in [5.41, 5.74) is 11.6. The van der Waals surface area contributed by atoms with Crippen LogP contribution in [-0.2, 0) is 17.8 Å². The molecule has 154 valence electrons. The van der Waals surface area contributed by atoms with Gasteiger partial charge in [-0.15, -0.1) is 0 Å². The molecule has 0 fully saturated rings. The Bertz CT molecular complexity index is 1200. The Hall–Kier alpha value is -3.45. The van der Waals surface area contributed by atoms with Gasteiger partial charge in [-0.05, 0) is 31.0 Å². The number of carbonyl (C=O) groups excluding carboxylic acids is 1. The molecule has 0 bridgehead atoms. The Morgan fingerprint density at radius 1 is 1.10 bits per heavy atom. The van der Waals surface area contributed by atoms with Crippen LogP contribution in [0.25, 0.3) is 22.2 Å². The number of benzene rings is 2. The number of anilines is 1. The molecule has 1 amide bonds.